The SMILES string of the molecule is CC(C(=O)Nc1ccc(F)c(N)c1)n1cnc(C#N)n1. The van der Waals surface area contributed by atoms with Gasteiger partial charge in [-0.25, -0.2) is 14.1 Å². The fourth-order valence-electron chi connectivity index (χ4n) is 1.50. The lowest BCUT2D eigenvalue weighted by atomic mass is 10.2. The average Bonchev–Trinajstić information content (AvgIpc) is 2.91. The Balaban J connectivity index is 2.11. The van der Waals surface area contributed by atoms with Gasteiger partial charge in [-0.2, -0.15) is 5.26 Å². The third kappa shape index (κ3) is 2.72. The number of benzene rings is 1. The Morgan fingerprint density at radius 2 is 2.35 bits per heavy atom. The van der Waals surface area contributed by atoms with Crippen molar-refractivity contribution in [3.05, 3.63) is 36.2 Å². The lowest BCUT2D eigenvalue weighted by molar-refractivity contribution is -0.119. The van der Waals surface area contributed by atoms with Gasteiger partial charge < -0.3 is 11.1 Å². The Bertz CT molecular complexity index is 689. The predicted octanol–water partition coefficient (Wildman–Crippen LogP) is 1.07. The van der Waals surface area contributed by atoms with Crippen LogP contribution in [0.15, 0.2) is 24.5 Å². The van der Waals surface area contributed by atoms with Gasteiger partial charge in [0.2, 0.25) is 5.91 Å². The summed E-state index contributed by atoms with van der Waals surface area (Å²) in [5.41, 5.74) is 5.74. The van der Waals surface area contributed by atoms with Crippen LogP contribution in [-0.2, 0) is 4.79 Å². The van der Waals surface area contributed by atoms with Gasteiger partial charge in [0.05, 0.1) is 5.69 Å². The summed E-state index contributed by atoms with van der Waals surface area (Å²) in [6.45, 7) is 1.60. The largest absolute Gasteiger partial charge is 0.396 e. The van der Waals surface area contributed by atoms with Crippen LogP contribution in [-0.4, -0.2) is 20.7 Å². The molecule has 0 saturated carbocycles. The molecule has 0 aliphatic heterocycles. The van der Waals surface area contributed by atoms with Gasteiger partial charge >= 0.3 is 0 Å². The molecule has 0 aliphatic carbocycles. The molecule has 0 spiro atoms. The number of nitrogen functional groups attached to an aromatic ring is 1. The van der Waals surface area contributed by atoms with Crippen molar-refractivity contribution in [2.75, 3.05) is 11.1 Å². The monoisotopic (exact) mass is 274 g/mol. The quantitative estimate of drug-likeness (QED) is 0.813. The number of carbonyl (C=O) groups excluding carboxylic acids is 1. The number of rotatable bonds is 3. The molecule has 0 bridgehead atoms. The van der Waals surface area contributed by atoms with Crippen LogP contribution in [0.2, 0.25) is 0 Å². The molecule has 1 aromatic carbocycles. The van der Waals surface area contributed by atoms with Crippen molar-refractivity contribution >= 4 is 17.3 Å². The van der Waals surface area contributed by atoms with Crippen LogP contribution < -0.4 is 11.1 Å². The summed E-state index contributed by atoms with van der Waals surface area (Å²) in [6.07, 6.45) is 1.29. The first-order valence-electron chi connectivity index (χ1n) is 5.68. The van der Waals surface area contributed by atoms with Crippen molar-refractivity contribution in [1.29, 1.82) is 5.26 Å². The third-order valence-corrected chi connectivity index (χ3v) is 2.65. The second-order valence-corrected chi connectivity index (χ2v) is 4.06. The minimum atomic E-state index is -0.670. The number of nitrogens with two attached hydrogens (primary N) is 1. The van der Waals surface area contributed by atoms with Crippen molar-refractivity contribution in [2.45, 2.75) is 13.0 Å². The van der Waals surface area contributed by atoms with Gasteiger partial charge in [-0.05, 0) is 25.1 Å². The molecule has 0 saturated heterocycles. The zero-order valence-electron chi connectivity index (χ0n) is 10.5. The molecule has 7 nitrogen and oxygen atoms in total. The second kappa shape index (κ2) is 5.36. The number of anilines is 2. The van der Waals surface area contributed by atoms with E-state index in [0.717, 1.165) is 0 Å². The molecule has 1 heterocycles. The van der Waals surface area contributed by atoms with E-state index in [1.165, 1.54) is 29.2 Å². The Morgan fingerprint density at radius 3 is 2.95 bits per heavy atom. The maximum atomic E-state index is 13.0. The van der Waals surface area contributed by atoms with Crippen LogP contribution in [0.4, 0.5) is 15.8 Å². The zero-order valence-corrected chi connectivity index (χ0v) is 10.5. The molecule has 8 heteroatoms. The van der Waals surface area contributed by atoms with Crippen LogP contribution in [0.3, 0.4) is 0 Å². The molecule has 20 heavy (non-hydrogen) atoms. The maximum Gasteiger partial charge on any atom is 0.252 e. The number of aromatic nitrogens is 3. The molecule has 3 N–H and O–H groups in total. The smallest absolute Gasteiger partial charge is 0.252 e. The van der Waals surface area contributed by atoms with E-state index in [2.05, 4.69) is 15.4 Å². The average molecular weight is 274 g/mol. The number of nitriles is 1. The topological polar surface area (TPSA) is 110 Å². The van der Waals surface area contributed by atoms with Gasteiger partial charge in [0.15, 0.2) is 0 Å². The van der Waals surface area contributed by atoms with Gasteiger partial charge in [-0.15, -0.1) is 5.10 Å². The summed E-state index contributed by atoms with van der Waals surface area (Å²) in [6, 6.07) is 4.99. The summed E-state index contributed by atoms with van der Waals surface area (Å²) in [5, 5.41) is 15.0. The van der Waals surface area contributed by atoms with E-state index in [1.54, 1.807) is 13.0 Å². The summed E-state index contributed by atoms with van der Waals surface area (Å²) >= 11 is 0. The van der Waals surface area contributed by atoms with E-state index in [4.69, 9.17) is 11.0 Å². The van der Waals surface area contributed by atoms with E-state index in [1.807, 2.05) is 0 Å². The standard InChI is InChI=1S/C12H11FN6O/c1-7(19-6-16-11(5-14)18-19)12(20)17-8-2-3-9(13)10(15)4-8/h2-4,6-7H,15H2,1H3,(H,17,20). The second-order valence-electron chi connectivity index (χ2n) is 4.06. The summed E-state index contributed by atoms with van der Waals surface area (Å²) in [7, 11) is 0. The van der Waals surface area contributed by atoms with Crippen molar-refractivity contribution in [3.63, 3.8) is 0 Å². The van der Waals surface area contributed by atoms with Gasteiger partial charge in [0, 0.05) is 5.69 Å². The molecule has 102 valence electrons. The van der Waals surface area contributed by atoms with Crippen LogP contribution >= 0.6 is 0 Å². The highest BCUT2D eigenvalue weighted by molar-refractivity contribution is 5.93. The normalized spacial score (nSPS) is 11.7. The first-order valence-corrected chi connectivity index (χ1v) is 5.68. The number of hydrogen-bond donors (Lipinski definition) is 2. The maximum absolute atomic E-state index is 13.0. The van der Waals surface area contributed by atoms with Gasteiger partial charge in [-0.3, -0.25) is 4.79 Å². The van der Waals surface area contributed by atoms with E-state index in [-0.39, 0.29) is 17.4 Å². The van der Waals surface area contributed by atoms with Gasteiger partial charge in [0.25, 0.3) is 5.82 Å². The van der Waals surface area contributed by atoms with Crippen molar-refractivity contribution in [2.24, 2.45) is 0 Å². The van der Waals surface area contributed by atoms with Crippen LogP contribution in [0, 0.1) is 17.1 Å². The van der Waals surface area contributed by atoms with Gasteiger partial charge in [-0.1, -0.05) is 0 Å². The Morgan fingerprint density at radius 1 is 1.60 bits per heavy atom. The predicted molar refractivity (Wildman–Crippen MR) is 68.9 cm³/mol. The van der Waals surface area contributed by atoms with Crippen molar-refractivity contribution < 1.29 is 9.18 Å². The number of hydrogen-bond acceptors (Lipinski definition) is 5. The number of nitrogens with one attached hydrogen (secondary N) is 1. The minimum Gasteiger partial charge on any atom is -0.396 e. The van der Waals surface area contributed by atoms with E-state index in [9.17, 15) is 9.18 Å². The highest BCUT2D eigenvalue weighted by atomic mass is 19.1. The molecular weight excluding hydrogens is 263 g/mol. The lowest BCUT2D eigenvalue weighted by Gasteiger charge is -2.12. The van der Waals surface area contributed by atoms with E-state index < -0.39 is 11.9 Å². The van der Waals surface area contributed by atoms with E-state index in [0.29, 0.717) is 5.69 Å². The van der Waals surface area contributed by atoms with Crippen LogP contribution in [0.1, 0.15) is 18.8 Å². The Kier molecular flexibility index (Phi) is 3.61. The zero-order chi connectivity index (χ0) is 14.7. The molecule has 2 rings (SSSR count). The summed E-state index contributed by atoms with van der Waals surface area (Å²) in [4.78, 5) is 15.7. The molecule has 0 radical (unpaired) electrons. The molecular formula is C12H11FN6O. The van der Waals surface area contributed by atoms with Gasteiger partial charge in [0.1, 0.15) is 24.3 Å². The first-order chi connectivity index (χ1) is 9.51. The fourth-order valence-corrected chi connectivity index (χ4v) is 1.50. The fraction of sp³-hybridized carbons (Fsp3) is 0.167. The first kappa shape index (κ1) is 13.5. The van der Waals surface area contributed by atoms with Crippen molar-refractivity contribution in [1.82, 2.24) is 14.8 Å². The Labute approximate surface area is 113 Å². The third-order valence-electron chi connectivity index (χ3n) is 2.65. The van der Waals surface area contributed by atoms with Crippen LogP contribution in [0.25, 0.3) is 0 Å². The molecule has 1 unspecified atom stereocenters. The highest BCUT2D eigenvalue weighted by Crippen LogP contribution is 2.17. The molecule has 1 amide bonds. The summed E-state index contributed by atoms with van der Waals surface area (Å²) in [5.74, 6) is -0.952. The number of halogens is 1. The van der Waals surface area contributed by atoms with Crippen molar-refractivity contribution in [3.8, 4) is 6.07 Å². The highest BCUT2D eigenvalue weighted by Gasteiger charge is 2.17. The molecule has 1 atom stereocenters. The molecule has 2 aromatic rings. The number of carbonyl (C=O) groups is 1. The minimum absolute atomic E-state index is 0.0179. The molecule has 0 aliphatic rings. The Hall–Kier alpha value is -2.95. The lowest BCUT2D eigenvalue weighted by Crippen LogP contribution is -2.24. The molecule has 1 aromatic heterocycles. The number of nitrogens with zero attached hydrogens (tertiary/aromatic N) is 4. The summed E-state index contributed by atoms with van der Waals surface area (Å²) < 4.78 is 14.3. The van der Waals surface area contributed by atoms with Crippen LogP contribution in [0.5, 0.6) is 0 Å². The molecule has 0 fully saturated rings. The van der Waals surface area contributed by atoms with E-state index >= 15 is 0 Å². The number of amides is 1.